The second kappa shape index (κ2) is 8.03. The van der Waals surface area contributed by atoms with E-state index in [4.69, 9.17) is 9.15 Å². The van der Waals surface area contributed by atoms with Crippen molar-refractivity contribution < 1.29 is 18.7 Å². The molecular weight excluding hydrogens is 296 g/mol. The molecule has 1 heterocycles. The van der Waals surface area contributed by atoms with Crippen molar-refractivity contribution in [3.8, 4) is 5.75 Å². The van der Waals surface area contributed by atoms with Gasteiger partial charge in [0.15, 0.2) is 0 Å². The Morgan fingerprint density at radius 2 is 1.87 bits per heavy atom. The molecule has 0 aliphatic heterocycles. The van der Waals surface area contributed by atoms with Gasteiger partial charge in [0.1, 0.15) is 17.9 Å². The van der Waals surface area contributed by atoms with Crippen LogP contribution in [-0.2, 0) is 16.1 Å². The molecule has 2 amide bonds. The molecule has 0 aliphatic carbocycles. The van der Waals surface area contributed by atoms with Gasteiger partial charge >= 0.3 is 0 Å². The second-order valence-electron chi connectivity index (χ2n) is 5.27. The molecule has 0 unspecified atom stereocenters. The monoisotopic (exact) mass is 316 g/mol. The summed E-state index contributed by atoms with van der Waals surface area (Å²) in [5.74, 6) is 0.631. The minimum Gasteiger partial charge on any atom is -0.491 e. The molecule has 2 N–H and O–H groups in total. The fourth-order valence-electron chi connectivity index (χ4n) is 1.90. The van der Waals surface area contributed by atoms with Crippen molar-refractivity contribution in [2.45, 2.75) is 32.9 Å². The highest BCUT2D eigenvalue weighted by molar-refractivity contribution is 6.03. The van der Waals surface area contributed by atoms with E-state index in [1.807, 2.05) is 13.8 Å². The summed E-state index contributed by atoms with van der Waals surface area (Å²) in [6, 6.07) is 10.5. The van der Waals surface area contributed by atoms with Gasteiger partial charge in [-0.15, -0.1) is 0 Å². The number of benzene rings is 1. The van der Waals surface area contributed by atoms with Crippen LogP contribution in [0.4, 0.5) is 5.69 Å². The third-order valence-electron chi connectivity index (χ3n) is 2.87. The number of anilines is 1. The lowest BCUT2D eigenvalue weighted by atomic mass is 10.2. The predicted molar refractivity (Wildman–Crippen MR) is 86.0 cm³/mol. The summed E-state index contributed by atoms with van der Waals surface area (Å²) >= 11 is 0. The van der Waals surface area contributed by atoms with Crippen molar-refractivity contribution in [1.82, 2.24) is 5.32 Å². The highest BCUT2D eigenvalue weighted by atomic mass is 16.5. The number of ether oxygens (including phenoxy) is 1. The molecule has 0 saturated heterocycles. The van der Waals surface area contributed by atoms with Gasteiger partial charge in [-0.05, 0) is 50.2 Å². The molecule has 0 spiro atoms. The average molecular weight is 316 g/mol. The maximum absolute atomic E-state index is 11.8. The van der Waals surface area contributed by atoms with E-state index in [2.05, 4.69) is 10.6 Å². The standard InChI is InChI=1S/C17H20N2O4/c1-12(2)23-14-7-5-13(6-8-14)19-17(21)10-16(20)18-11-15-4-3-9-22-15/h3-9,12H,10-11H2,1-2H3,(H,18,20)(H,19,21). The Kier molecular flexibility index (Phi) is 5.80. The Labute approximate surface area is 134 Å². The van der Waals surface area contributed by atoms with Crippen molar-refractivity contribution in [2.24, 2.45) is 0 Å². The van der Waals surface area contributed by atoms with Gasteiger partial charge in [0.2, 0.25) is 11.8 Å². The number of rotatable bonds is 7. The number of carbonyl (C=O) groups excluding carboxylic acids is 2. The minimum atomic E-state index is -0.375. The third kappa shape index (κ3) is 5.86. The Hall–Kier alpha value is -2.76. The zero-order valence-corrected chi connectivity index (χ0v) is 13.2. The molecular formula is C17H20N2O4. The van der Waals surface area contributed by atoms with Gasteiger partial charge in [0.05, 0.1) is 18.9 Å². The summed E-state index contributed by atoms with van der Waals surface area (Å²) in [6.07, 6.45) is 1.37. The molecule has 1 aromatic heterocycles. The van der Waals surface area contributed by atoms with E-state index in [1.54, 1.807) is 36.4 Å². The Balaban J connectivity index is 1.76. The smallest absolute Gasteiger partial charge is 0.233 e. The van der Waals surface area contributed by atoms with Crippen LogP contribution < -0.4 is 15.4 Å². The van der Waals surface area contributed by atoms with Gasteiger partial charge in [-0.2, -0.15) is 0 Å². The first kappa shape index (κ1) is 16.6. The molecule has 0 radical (unpaired) electrons. The van der Waals surface area contributed by atoms with Crippen LogP contribution in [0.1, 0.15) is 26.0 Å². The zero-order chi connectivity index (χ0) is 16.7. The van der Waals surface area contributed by atoms with Gasteiger partial charge in [0, 0.05) is 5.69 Å². The van der Waals surface area contributed by atoms with Gasteiger partial charge in [-0.1, -0.05) is 0 Å². The van der Waals surface area contributed by atoms with Crippen molar-refractivity contribution in [2.75, 3.05) is 5.32 Å². The zero-order valence-electron chi connectivity index (χ0n) is 13.2. The lowest BCUT2D eigenvalue weighted by molar-refractivity contribution is -0.127. The van der Waals surface area contributed by atoms with Crippen molar-refractivity contribution >= 4 is 17.5 Å². The van der Waals surface area contributed by atoms with E-state index < -0.39 is 0 Å². The number of nitrogens with one attached hydrogen (secondary N) is 2. The summed E-state index contributed by atoms with van der Waals surface area (Å²) in [6.45, 7) is 4.15. The van der Waals surface area contributed by atoms with Gasteiger partial charge in [-0.25, -0.2) is 0 Å². The fourth-order valence-corrected chi connectivity index (χ4v) is 1.90. The number of furan rings is 1. The first-order chi connectivity index (χ1) is 11.0. The molecule has 0 saturated carbocycles. The SMILES string of the molecule is CC(C)Oc1ccc(NC(=O)CC(=O)NCc2ccco2)cc1. The van der Waals surface area contributed by atoms with E-state index in [0.717, 1.165) is 5.75 Å². The maximum Gasteiger partial charge on any atom is 0.233 e. The number of hydrogen-bond donors (Lipinski definition) is 2. The van der Waals surface area contributed by atoms with Crippen molar-refractivity contribution in [3.05, 3.63) is 48.4 Å². The molecule has 0 aliphatic rings. The van der Waals surface area contributed by atoms with Crippen LogP contribution in [-0.4, -0.2) is 17.9 Å². The molecule has 2 rings (SSSR count). The second-order valence-corrected chi connectivity index (χ2v) is 5.27. The van der Waals surface area contributed by atoms with Crippen LogP contribution in [0.2, 0.25) is 0 Å². The number of hydrogen-bond acceptors (Lipinski definition) is 4. The van der Waals surface area contributed by atoms with E-state index >= 15 is 0 Å². The van der Waals surface area contributed by atoms with E-state index in [-0.39, 0.29) is 30.9 Å². The molecule has 2 aromatic rings. The Morgan fingerprint density at radius 1 is 1.13 bits per heavy atom. The first-order valence-electron chi connectivity index (χ1n) is 7.38. The summed E-state index contributed by atoms with van der Waals surface area (Å²) in [5.41, 5.74) is 0.616. The topological polar surface area (TPSA) is 80.6 Å². The minimum absolute atomic E-state index is 0.0910. The van der Waals surface area contributed by atoms with Crippen LogP contribution in [0.5, 0.6) is 5.75 Å². The summed E-state index contributed by atoms with van der Waals surface area (Å²) in [7, 11) is 0. The molecule has 0 atom stereocenters. The largest absolute Gasteiger partial charge is 0.491 e. The number of amides is 2. The summed E-state index contributed by atoms with van der Waals surface area (Å²) in [4.78, 5) is 23.5. The van der Waals surface area contributed by atoms with Crippen LogP contribution >= 0.6 is 0 Å². The highest BCUT2D eigenvalue weighted by Gasteiger charge is 2.10. The van der Waals surface area contributed by atoms with E-state index in [0.29, 0.717) is 11.4 Å². The first-order valence-corrected chi connectivity index (χ1v) is 7.38. The van der Waals surface area contributed by atoms with Gasteiger partial charge in [0.25, 0.3) is 0 Å². The maximum atomic E-state index is 11.8. The lowest BCUT2D eigenvalue weighted by Crippen LogP contribution is -2.27. The van der Waals surface area contributed by atoms with Gasteiger partial charge in [-0.3, -0.25) is 9.59 Å². The molecule has 6 nitrogen and oxygen atoms in total. The van der Waals surface area contributed by atoms with Gasteiger partial charge < -0.3 is 19.8 Å². The summed E-state index contributed by atoms with van der Waals surface area (Å²) < 4.78 is 10.6. The Morgan fingerprint density at radius 3 is 2.48 bits per heavy atom. The molecule has 0 fully saturated rings. The van der Waals surface area contributed by atoms with E-state index in [9.17, 15) is 9.59 Å². The van der Waals surface area contributed by atoms with Crippen molar-refractivity contribution in [1.29, 1.82) is 0 Å². The van der Waals surface area contributed by atoms with Crippen LogP contribution in [0.15, 0.2) is 47.1 Å². The lowest BCUT2D eigenvalue weighted by Gasteiger charge is -2.10. The normalized spacial score (nSPS) is 10.4. The predicted octanol–water partition coefficient (Wildman–Crippen LogP) is 2.71. The molecule has 23 heavy (non-hydrogen) atoms. The molecule has 122 valence electrons. The fraction of sp³-hybridized carbons (Fsp3) is 0.294. The third-order valence-corrected chi connectivity index (χ3v) is 2.87. The number of carbonyl (C=O) groups is 2. The van der Waals surface area contributed by atoms with Crippen molar-refractivity contribution in [3.63, 3.8) is 0 Å². The highest BCUT2D eigenvalue weighted by Crippen LogP contribution is 2.17. The van der Waals surface area contributed by atoms with E-state index in [1.165, 1.54) is 6.26 Å². The Bertz CT molecular complexity index is 633. The molecule has 6 heteroatoms. The summed E-state index contributed by atoms with van der Waals surface area (Å²) in [5, 5.41) is 5.29. The average Bonchev–Trinajstić information content (AvgIpc) is 3.00. The van der Waals surface area contributed by atoms with Crippen LogP contribution in [0, 0.1) is 0 Å². The molecule has 0 bridgehead atoms. The quantitative estimate of drug-likeness (QED) is 0.770. The molecule has 1 aromatic carbocycles. The van der Waals surface area contributed by atoms with Crippen LogP contribution in [0.25, 0.3) is 0 Å². The van der Waals surface area contributed by atoms with Crippen LogP contribution in [0.3, 0.4) is 0 Å².